The summed E-state index contributed by atoms with van der Waals surface area (Å²) < 4.78 is 0. The van der Waals surface area contributed by atoms with Crippen molar-refractivity contribution in [2.45, 2.75) is 0 Å². The molecule has 0 spiro atoms. The van der Waals surface area contributed by atoms with Crippen molar-refractivity contribution in [1.29, 1.82) is 0 Å². The van der Waals surface area contributed by atoms with Crippen molar-refractivity contribution in [1.82, 2.24) is 0 Å². The fourth-order valence-corrected chi connectivity index (χ4v) is 0.443. The zero-order valence-corrected chi connectivity index (χ0v) is 4.05. The van der Waals surface area contributed by atoms with Gasteiger partial charge in [-0.2, -0.15) is 0 Å². The number of Topliss-reactive ketones (excluding diaryl/α,β-unsaturated/α-hetero) is 2. The average Bonchev–Trinajstić information content (AvgIpc) is 1.98. The average molecular weight is 112 g/mol. The normalized spacial score (nSPS) is 19.2. The van der Waals surface area contributed by atoms with Crippen LogP contribution in [0, 0.1) is 0 Å². The predicted molar refractivity (Wildman–Crippen MR) is 26.5 cm³/mol. The Balaban J connectivity index is 2.89. The highest BCUT2D eigenvalue weighted by atomic mass is 16.2. The molecule has 42 valence electrons. The van der Waals surface area contributed by atoms with Crippen LogP contribution in [-0.2, 0) is 9.59 Å². The molecule has 0 aliphatic carbocycles. The van der Waals surface area contributed by atoms with Gasteiger partial charge in [0, 0.05) is 0 Å². The molecule has 2 N–H and O–H groups in total. The molecule has 0 unspecified atom stereocenters. The molecule has 1 heterocycles. The number of ketones is 2. The maximum Gasteiger partial charge on any atom is 0.264 e. The van der Waals surface area contributed by atoms with Crippen LogP contribution in [0.15, 0.2) is 4.99 Å². The van der Waals surface area contributed by atoms with Gasteiger partial charge in [0.15, 0.2) is 5.84 Å². The van der Waals surface area contributed by atoms with Crippen LogP contribution in [-0.4, -0.2) is 23.9 Å². The van der Waals surface area contributed by atoms with E-state index < -0.39 is 11.6 Å². The number of amidine groups is 1. The van der Waals surface area contributed by atoms with Gasteiger partial charge < -0.3 is 5.73 Å². The van der Waals surface area contributed by atoms with Gasteiger partial charge >= 0.3 is 0 Å². The lowest BCUT2D eigenvalue weighted by molar-refractivity contribution is -0.131. The van der Waals surface area contributed by atoms with E-state index in [4.69, 9.17) is 5.73 Å². The highest BCUT2D eigenvalue weighted by molar-refractivity contribution is 6.67. The Morgan fingerprint density at radius 3 is 2.25 bits per heavy atom. The number of rotatable bonds is 0. The van der Waals surface area contributed by atoms with Gasteiger partial charge in [-0.15, -0.1) is 0 Å². The van der Waals surface area contributed by atoms with Gasteiger partial charge in [-0.1, -0.05) is 0 Å². The molecule has 0 fully saturated rings. The first-order chi connectivity index (χ1) is 3.72. The first-order valence-electron chi connectivity index (χ1n) is 2.09. The van der Waals surface area contributed by atoms with Crippen molar-refractivity contribution >= 4 is 17.4 Å². The summed E-state index contributed by atoms with van der Waals surface area (Å²) in [4.78, 5) is 23.9. The highest BCUT2D eigenvalue weighted by Crippen LogP contribution is 1.89. The lowest BCUT2D eigenvalue weighted by Crippen LogP contribution is -2.24. The van der Waals surface area contributed by atoms with Gasteiger partial charge in [-0.25, -0.2) is 0 Å². The van der Waals surface area contributed by atoms with E-state index in [2.05, 4.69) is 4.99 Å². The van der Waals surface area contributed by atoms with E-state index in [1.165, 1.54) is 0 Å². The zero-order valence-electron chi connectivity index (χ0n) is 4.05. The van der Waals surface area contributed by atoms with E-state index in [1.54, 1.807) is 0 Å². The third kappa shape index (κ3) is 0.501. The van der Waals surface area contributed by atoms with Crippen LogP contribution >= 0.6 is 0 Å². The fourth-order valence-electron chi connectivity index (χ4n) is 0.443. The summed E-state index contributed by atoms with van der Waals surface area (Å²) in [5.74, 6) is -1.32. The van der Waals surface area contributed by atoms with Crippen LogP contribution < -0.4 is 5.73 Å². The number of carbonyl (C=O) groups is 2. The highest BCUT2D eigenvalue weighted by Gasteiger charge is 2.22. The quantitative estimate of drug-likeness (QED) is 0.387. The minimum Gasteiger partial charge on any atom is -0.381 e. The minimum atomic E-state index is -0.648. The summed E-state index contributed by atoms with van der Waals surface area (Å²) in [6.07, 6.45) is 0. The molecule has 0 bridgehead atoms. The molecular formula is C4H4N2O2. The summed E-state index contributed by atoms with van der Waals surface area (Å²) >= 11 is 0. The monoisotopic (exact) mass is 112 g/mol. The molecule has 0 aromatic carbocycles. The summed E-state index contributed by atoms with van der Waals surface area (Å²) in [6, 6.07) is 0. The second-order valence-electron chi connectivity index (χ2n) is 1.45. The SMILES string of the molecule is NC1=NCC(=O)C1=O. The molecule has 1 rings (SSSR count). The van der Waals surface area contributed by atoms with Crippen LogP contribution in [0.1, 0.15) is 0 Å². The Kier molecular flexibility index (Phi) is 0.865. The Morgan fingerprint density at radius 2 is 2.12 bits per heavy atom. The van der Waals surface area contributed by atoms with Gasteiger partial charge in [-0.05, 0) is 0 Å². The van der Waals surface area contributed by atoms with Crippen molar-refractivity contribution in [3.8, 4) is 0 Å². The number of aliphatic imine (C=N–C) groups is 1. The van der Waals surface area contributed by atoms with Gasteiger partial charge in [0.05, 0.1) is 0 Å². The summed E-state index contributed by atoms with van der Waals surface area (Å²) in [5.41, 5.74) is 4.95. The molecule has 0 aromatic rings. The summed E-state index contributed by atoms with van der Waals surface area (Å²) in [5, 5.41) is 0. The maximum atomic E-state index is 10.3. The third-order valence-electron chi connectivity index (χ3n) is 0.879. The van der Waals surface area contributed by atoms with Crippen LogP contribution in [0.4, 0.5) is 0 Å². The third-order valence-corrected chi connectivity index (χ3v) is 0.879. The topological polar surface area (TPSA) is 72.5 Å². The second kappa shape index (κ2) is 1.40. The van der Waals surface area contributed by atoms with E-state index in [0.29, 0.717) is 0 Å². The van der Waals surface area contributed by atoms with Gasteiger partial charge in [0.1, 0.15) is 6.54 Å². The Morgan fingerprint density at radius 1 is 1.50 bits per heavy atom. The Bertz CT molecular complexity index is 182. The first kappa shape index (κ1) is 4.96. The molecule has 0 amide bonds. The Hall–Kier alpha value is -1.19. The van der Waals surface area contributed by atoms with Crippen molar-refractivity contribution in [2.75, 3.05) is 6.54 Å². The molecule has 0 radical (unpaired) electrons. The molecule has 4 heteroatoms. The smallest absolute Gasteiger partial charge is 0.264 e. The molecule has 0 saturated carbocycles. The molecular weight excluding hydrogens is 108 g/mol. The second-order valence-corrected chi connectivity index (χ2v) is 1.45. The largest absolute Gasteiger partial charge is 0.381 e. The standard InChI is InChI=1S/C4H4N2O2/c5-4-3(8)2(7)1-6-4/h1H2,(H2,5,6). The molecule has 8 heavy (non-hydrogen) atoms. The number of nitrogens with zero attached hydrogens (tertiary/aromatic N) is 1. The minimum absolute atomic E-state index is 0.0648. The summed E-state index contributed by atoms with van der Waals surface area (Å²) in [7, 11) is 0. The van der Waals surface area contributed by atoms with Gasteiger partial charge in [0.2, 0.25) is 5.78 Å². The summed E-state index contributed by atoms with van der Waals surface area (Å²) in [6.45, 7) is -0.0648. The van der Waals surface area contributed by atoms with E-state index in [-0.39, 0.29) is 12.4 Å². The molecule has 0 saturated heterocycles. The van der Waals surface area contributed by atoms with Crippen molar-refractivity contribution in [3.05, 3.63) is 0 Å². The van der Waals surface area contributed by atoms with Crippen molar-refractivity contribution in [3.63, 3.8) is 0 Å². The lowest BCUT2D eigenvalue weighted by Gasteiger charge is -1.78. The number of hydrogen-bond acceptors (Lipinski definition) is 4. The van der Waals surface area contributed by atoms with E-state index in [9.17, 15) is 9.59 Å². The predicted octanol–water partition coefficient (Wildman–Crippen LogP) is -1.50. The number of nitrogens with two attached hydrogens (primary N) is 1. The number of carbonyl (C=O) groups excluding carboxylic acids is 2. The first-order valence-corrected chi connectivity index (χ1v) is 2.09. The maximum absolute atomic E-state index is 10.3. The van der Waals surface area contributed by atoms with E-state index >= 15 is 0 Å². The van der Waals surface area contributed by atoms with Gasteiger partial charge in [-0.3, -0.25) is 14.6 Å². The van der Waals surface area contributed by atoms with Gasteiger partial charge in [0.25, 0.3) is 5.78 Å². The molecule has 4 nitrogen and oxygen atoms in total. The van der Waals surface area contributed by atoms with Crippen LogP contribution in [0.2, 0.25) is 0 Å². The lowest BCUT2D eigenvalue weighted by atomic mass is 10.3. The van der Waals surface area contributed by atoms with Crippen LogP contribution in [0.5, 0.6) is 0 Å². The van der Waals surface area contributed by atoms with E-state index in [0.717, 1.165) is 0 Å². The zero-order chi connectivity index (χ0) is 6.15. The van der Waals surface area contributed by atoms with Crippen LogP contribution in [0.3, 0.4) is 0 Å². The Labute approximate surface area is 45.4 Å². The van der Waals surface area contributed by atoms with Crippen molar-refractivity contribution in [2.24, 2.45) is 10.7 Å². The molecule has 1 aliphatic heterocycles. The molecule has 0 aromatic heterocycles. The number of hydrogen-bond donors (Lipinski definition) is 1. The van der Waals surface area contributed by atoms with E-state index in [1.807, 2.05) is 0 Å². The molecule has 0 atom stereocenters. The van der Waals surface area contributed by atoms with Crippen LogP contribution in [0.25, 0.3) is 0 Å². The molecule has 1 aliphatic rings. The fraction of sp³-hybridized carbons (Fsp3) is 0.250. The van der Waals surface area contributed by atoms with Crippen molar-refractivity contribution < 1.29 is 9.59 Å².